The van der Waals surface area contributed by atoms with E-state index in [1.165, 1.54) is 4.88 Å². The van der Waals surface area contributed by atoms with Gasteiger partial charge in [-0.1, -0.05) is 0 Å². The van der Waals surface area contributed by atoms with Crippen molar-refractivity contribution in [2.24, 2.45) is 0 Å². The molecule has 0 bridgehead atoms. The van der Waals surface area contributed by atoms with Crippen molar-refractivity contribution in [3.63, 3.8) is 0 Å². The first-order valence-corrected chi connectivity index (χ1v) is 4.75. The van der Waals surface area contributed by atoms with E-state index in [1.807, 2.05) is 25.6 Å². The molecule has 76 valence electrons. The van der Waals surface area contributed by atoms with Crippen molar-refractivity contribution in [3.8, 4) is 0 Å². The Bertz CT molecular complexity index is 226. The molecule has 0 radical (unpaired) electrons. The van der Waals surface area contributed by atoms with Gasteiger partial charge in [0.2, 0.25) is 0 Å². The number of thiazole rings is 1. The molecule has 0 amide bonds. The molecule has 0 aliphatic heterocycles. The number of rotatable bonds is 4. The molecular formula is C8H15ClN2OS. The summed E-state index contributed by atoms with van der Waals surface area (Å²) in [5.74, 6) is 0. The highest BCUT2D eigenvalue weighted by molar-refractivity contribution is 7.09. The predicted octanol–water partition coefficient (Wildman–Crippen LogP) is 1.43. The summed E-state index contributed by atoms with van der Waals surface area (Å²) in [6.07, 6.45) is 1.84. The van der Waals surface area contributed by atoms with Gasteiger partial charge in [-0.2, -0.15) is 0 Å². The van der Waals surface area contributed by atoms with Gasteiger partial charge in [-0.3, -0.25) is 4.98 Å². The summed E-state index contributed by atoms with van der Waals surface area (Å²) in [7, 11) is 0. The van der Waals surface area contributed by atoms with Gasteiger partial charge in [0.05, 0.1) is 12.1 Å². The molecule has 0 spiro atoms. The summed E-state index contributed by atoms with van der Waals surface area (Å²) in [6.45, 7) is 4.85. The molecule has 0 saturated carbocycles. The molecule has 0 aromatic carbocycles. The van der Waals surface area contributed by atoms with Crippen molar-refractivity contribution in [1.29, 1.82) is 0 Å². The van der Waals surface area contributed by atoms with Gasteiger partial charge in [0.25, 0.3) is 0 Å². The van der Waals surface area contributed by atoms with Gasteiger partial charge < -0.3 is 10.4 Å². The Morgan fingerprint density at radius 2 is 2.31 bits per heavy atom. The summed E-state index contributed by atoms with van der Waals surface area (Å²) in [6, 6.07) is 0. The number of hydrogen-bond acceptors (Lipinski definition) is 4. The van der Waals surface area contributed by atoms with E-state index in [-0.39, 0.29) is 24.6 Å². The molecule has 0 fully saturated rings. The van der Waals surface area contributed by atoms with E-state index in [1.54, 1.807) is 11.3 Å². The zero-order chi connectivity index (χ0) is 9.03. The lowest BCUT2D eigenvalue weighted by atomic mass is 10.1. The third-order valence-corrected chi connectivity index (χ3v) is 2.40. The Morgan fingerprint density at radius 3 is 2.77 bits per heavy atom. The van der Waals surface area contributed by atoms with Gasteiger partial charge in [-0.25, -0.2) is 0 Å². The number of aliphatic hydroxyl groups is 1. The van der Waals surface area contributed by atoms with Crippen LogP contribution < -0.4 is 5.32 Å². The summed E-state index contributed by atoms with van der Waals surface area (Å²) >= 11 is 1.62. The van der Waals surface area contributed by atoms with Gasteiger partial charge in [0.15, 0.2) is 0 Å². The first-order chi connectivity index (χ1) is 5.64. The van der Waals surface area contributed by atoms with Crippen molar-refractivity contribution in [2.45, 2.75) is 25.9 Å². The fraction of sp³-hybridized carbons (Fsp3) is 0.625. The third-order valence-electron chi connectivity index (χ3n) is 1.62. The predicted molar refractivity (Wildman–Crippen MR) is 57.4 cm³/mol. The zero-order valence-corrected chi connectivity index (χ0v) is 9.41. The monoisotopic (exact) mass is 222 g/mol. The fourth-order valence-electron chi connectivity index (χ4n) is 0.712. The maximum Gasteiger partial charge on any atom is 0.0794 e. The molecule has 13 heavy (non-hydrogen) atoms. The molecule has 0 saturated heterocycles. The van der Waals surface area contributed by atoms with Gasteiger partial charge in [0.1, 0.15) is 0 Å². The lowest BCUT2D eigenvalue weighted by molar-refractivity contribution is 0.187. The molecule has 1 aromatic heterocycles. The van der Waals surface area contributed by atoms with Gasteiger partial charge in [-0.05, 0) is 13.8 Å². The number of hydrogen-bond donors (Lipinski definition) is 2. The standard InChI is InChI=1S/C8H14N2OS.ClH/c1-8(2,5-11)10-4-7-3-9-6-12-7;/h3,6,10-11H,4-5H2,1-2H3;1H. The van der Waals surface area contributed by atoms with E-state index in [0.29, 0.717) is 0 Å². The molecular weight excluding hydrogens is 208 g/mol. The number of nitrogens with one attached hydrogen (secondary N) is 1. The van der Waals surface area contributed by atoms with Crippen LogP contribution in [-0.2, 0) is 6.54 Å². The van der Waals surface area contributed by atoms with Crippen LogP contribution in [0.2, 0.25) is 0 Å². The largest absolute Gasteiger partial charge is 0.394 e. The third kappa shape index (κ3) is 4.57. The minimum absolute atomic E-state index is 0. The molecule has 1 rings (SSSR count). The number of aliphatic hydroxyl groups excluding tert-OH is 1. The van der Waals surface area contributed by atoms with Crippen LogP contribution in [0, 0.1) is 0 Å². The van der Waals surface area contributed by atoms with Gasteiger partial charge in [0, 0.05) is 23.2 Å². The van der Waals surface area contributed by atoms with Crippen LogP contribution in [0.1, 0.15) is 18.7 Å². The van der Waals surface area contributed by atoms with Crippen LogP contribution in [0.4, 0.5) is 0 Å². The Balaban J connectivity index is 0.00000144. The Kier molecular flexibility index (Phi) is 5.48. The molecule has 5 heteroatoms. The van der Waals surface area contributed by atoms with Crippen molar-refractivity contribution in [1.82, 2.24) is 10.3 Å². The SMILES string of the molecule is CC(C)(CO)NCc1cncs1.Cl. The number of nitrogens with zero attached hydrogens (tertiary/aromatic N) is 1. The lowest BCUT2D eigenvalue weighted by Gasteiger charge is -2.22. The first kappa shape index (κ1) is 12.8. The van der Waals surface area contributed by atoms with Gasteiger partial charge in [-0.15, -0.1) is 23.7 Å². The van der Waals surface area contributed by atoms with E-state index >= 15 is 0 Å². The van der Waals surface area contributed by atoms with Crippen molar-refractivity contribution < 1.29 is 5.11 Å². The maximum atomic E-state index is 8.95. The van der Waals surface area contributed by atoms with Crippen LogP contribution in [-0.4, -0.2) is 22.2 Å². The molecule has 0 aliphatic rings. The molecule has 0 atom stereocenters. The molecule has 1 aromatic rings. The summed E-state index contributed by atoms with van der Waals surface area (Å²) < 4.78 is 0. The van der Waals surface area contributed by atoms with Crippen molar-refractivity contribution in [2.75, 3.05) is 6.61 Å². The second-order valence-corrected chi connectivity index (χ2v) is 4.33. The molecule has 1 heterocycles. The highest BCUT2D eigenvalue weighted by Gasteiger charge is 2.14. The zero-order valence-electron chi connectivity index (χ0n) is 7.78. The number of aromatic nitrogens is 1. The van der Waals surface area contributed by atoms with Gasteiger partial charge >= 0.3 is 0 Å². The molecule has 0 unspecified atom stereocenters. The maximum absolute atomic E-state index is 8.95. The van der Waals surface area contributed by atoms with Crippen LogP contribution in [0.25, 0.3) is 0 Å². The normalized spacial score (nSPS) is 11.0. The molecule has 3 nitrogen and oxygen atoms in total. The minimum atomic E-state index is -0.204. The Labute approximate surface area is 88.6 Å². The Morgan fingerprint density at radius 1 is 1.62 bits per heavy atom. The van der Waals surface area contributed by atoms with E-state index in [9.17, 15) is 0 Å². The second kappa shape index (κ2) is 5.54. The molecule has 2 N–H and O–H groups in total. The van der Waals surface area contributed by atoms with Crippen LogP contribution >= 0.6 is 23.7 Å². The van der Waals surface area contributed by atoms with Crippen molar-refractivity contribution >= 4 is 23.7 Å². The summed E-state index contributed by atoms with van der Waals surface area (Å²) in [5.41, 5.74) is 1.60. The topological polar surface area (TPSA) is 45.1 Å². The minimum Gasteiger partial charge on any atom is -0.394 e. The van der Waals surface area contributed by atoms with E-state index < -0.39 is 0 Å². The Hall–Kier alpha value is -0.160. The quantitative estimate of drug-likeness (QED) is 0.810. The second-order valence-electron chi connectivity index (χ2n) is 3.36. The van der Waals surface area contributed by atoms with Crippen LogP contribution in [0.3, 0.4) is 0 Å². The van der Waals surface area contributed by atoms with E-state index in [0.717, 1.165) is 6.54 Å². The lowest BCUT2D eigenvalue weighted by Crippen LogP contribution is -2.41. The average Bonchev–Trinajstić information content (AvgIpc) is 2.53. The summed E-state index contributed by atoms with van der Waals surface area (Å²) in [5, 5.41) is 12.2. The highest BCUT2D eigenvalue weighted by atomic mass is 35.5. The molecule has 0 aliphatic carbocycles. The smallest absolute Gasteiger partial charge is 0.0794 e. The van der Waals surface area contributed by atoms with E-state index in [4.69, 9.17) is 5.11 Å². The van der Waals surface area contributed by atoms with E-state index in [2.05, 4.69) is 10.3 Å². The number of halogens is 1. The van der Waals surface area contributed by atoms with Crippen molar-refractivity contribution in [3.05, 3.63) is 16.6 Å². The highest BCUT2D eigenvalue weighted by Crippen LogP contribution is 2.07. The summed E-state index contributed by atoms with van der Waals surface area (Å²) in [4.78, 5) is 5.16. The first-order valence-electron chi connectivity index (χ1n) is 3.87. The fourth-order valence-corrected chi connectivity index (χ4v) is 1.25. The van der Waals surface area contributed by atoms with Crippen LogP contribution in [0.5, 0.6) is 0 Å². The average molecular weight is 223 g/mol. The van der Waals surface area contributed by atoms with Crippen LogP contribution in [0.15, 0.2) is 11.7 Å².